The van der Waals surface area contributed by atoms with Gasteiger partial charge >= 0.3 is 0 Å². The molecule has 94 valence electrons. The molecule has 0 aliphatic carbocycles. The van der Waals surface area contributed by atoms with Crippen LogP contribution >= 0.6 is 0 Å². The van der Waals surface area contributed by atoms with Gasteiger partial charge in [0, 0.05) is 12.3 Å². The van der Waals surface area contributed by atoms with Gasteiger partial charge in [0.15, 0.2) is 0 Å². The van der Waals surface area contributed by atoms with Gasteiger partial charge in [-0.25, -0.2) is 13.1 Å². The molecule has 0 aromatic carbocycles. The summed E-state index contributed by atoms with van der Waals surface area (Å²) >= 11 is 0. The van der Waals surface area contributed by atoms with E-state index in [-0.39, 0.29) is 18.3 Å². The third-order valence-corrected chi connectivity index (χ3v) is 3.02. The van der Waals surface area contributed by atoms with Crippen molar-refractivity contribution in [3.05, 3.63) is 0 Å². The molecular weight excluding hydrogens is 230 g/mol. The van der Waals surface area contributed by atoms with Crippen molar-refractivity contribution >= 4 is 22.6 Å². The molecule has 0 spiro atoms. The van der Waals surface area contributed by atoms with Gasteiger partial charge < -0.3 is 5.84 Å². The quantitative estimate of drug-likeness (QED) is 0.275. The van der Waals surface area contributed by atoms with Gasteiger partial charge in [0.05, 0.1) is 12.3 Å². The predicted molar refractivity (Wildman–Crippen MR) is 65.6 cm³/mol. The molecule has 0 aliphatic heterocycles. The van der Waals surface area contributed by atoms with Crippen LogP contribution in [0.25, 0.3) is 0 Å². The number of nitrogens with two attached hydrogens (primary N) is 1. The molecule has 0 unspecified atom stereocenters. The number of rotatable bonds is 7. The standard InChI is InChI=1S/C8H19N5O2S/c1-4-11-13(7-10-9)5-6-16(14,15)12-8(2)3/h4,7-8,12H,5-6,9H2,1-3H3/b10-7-,11-4-. The summed E-state index contributed by atoms with van der Waals surface area (Å²) in [6.07, 6.45) is 2.80. The molecule has 0 rings (SSSR count). The van der Waals surface area contributed by atoms with Gasteiger partial charge in [-0.2, -0.15) is 10.2 Å². The van der Waals surface area contributed by atoms with Crippen LogP contribution in [0.5, 0.6) is 0 Å². The lowest BCUT2D eigenvalue weighted by Gasteiger charge is -2.14. The van der Waals surface area contributed by atoms with Crippen LogP contribution in [0.4, 0.5) is 0 Å². The highest BCUT2D eigenvalue weighted by atomic mass is 32.2. The van der Waals surface area contributed by atoms with Crippen molar-refractivity contribution in [3.63, 3.8) is 0 Å². The molecule has 0 aromatic heterocycles. The number of hydrazone groups is 2. The zero-order chi connectivity index (χ0) is 12.6. The Balaban J connectivity index is 4.30. The van der Waals surface area contributed by atoms with E-state index in [0.717, 1.165) is 0 Å². The van der Waals surface area contributed by atoms with E-state index in [9.17, 15) is 8.42 Å². The average molecular weight is 249 g/mol. The van der Waals surface area contributed by atoms with Crippen molar-refractivity contribution < 1.29 is 8.42 Å². The minimum atomic E-state index is -3.28. The summed E-state index contributed by atoms with van der Waals surface area (Å²) in [6.45, 7) is 5.45. The van der Waals surface area contributed by atoms with Crippen LogP contribution in [0, 0.1) is 0 Å². The van der Waals surface area contributed by atoms with Gasteiger partial charge in [-0.3, -0.25) is 5.01 Å². The zero-order valence-electron chi connectivity index (χ0n) is 9.79. The number of hydrogen-bond acceptors (Lipinski definition) is 5. The summed E-state index contributed by atoms with van der Waals surface area (Å²) in [4.78, 5) is 0. The maximum Gasteiger partial charge on any atom is 0.213 e. The number of nitrogens with one attached hydrogen (secondary N) is 1. The second-order valence-electron chi connectivity index (χ2n) is 3.39. The highest BCUT2D eigenvalue weighted by Gasteiger charge is 2.12. The van der Waals surface area contributed by atoms with Gasteiger partial charge in [-0.1, -0.05) is 0 Å². The third-order valence-electron chi connectivity index (χ3n) is 1.47. The van der Waals surface area contributed by atoms with Crippen molar-refractivity contribution in [2.24, 2.45) is 16.0 Å². The largest absolute Gasteiger partial charge is 0.322 e. The molecule has 8 heteroatoms. The number of nitrogens with zero attached hydrogens (tertiary/aromatic N) is 3. The summed E-state index contributed by atoms with van der Waals surface area (Å²) < 4.78 is 25.5. The first-order chi connectivity index (χ1) is 7.41. The Morgan fingerprint density at radius 1 is 1.50 bits per heavy atom. The maximum atomic E-state index is 11.5. The summed E-state index contributed by atoms with van der Waals surface area (Å²) in [5.74, 6) is 4.91. The summed E-state index contributed by atoms with van der Waals surface area (Å²) in [6, 6.07) is -0.115. The molecule has 0 fully saturated rings. The van der Waals surface area contributed by atoms with Crippen LogP contribution in [0.3, 0.4) is 0 Å². The second kappa shape index (κ2) is 7.18. The van der Waals surface area contributed by atoms with E-state index in [2.05, 4.69) is 14.9 Å². The van der Waals surface area contributed by atoms with Crippen LogP contribution in [0.2, 0.25) is 0 Å². The minimum absolute atomic E-state index is 0.0610. The van der Waals surface area contributed by atoms with Gasteiger partial charge in [-0.05, 0) is 20.8 Å². The molecule has 0 saturated heterocycles. The maximum absolute atomic E-state index is 11.5. The molecule has 0 saturated carbocycles. The first-order valence-corrected chi connectivity index (χ1v) is 6.55. The molecule has 7 nitrogen and oxygen atoms in total. The molecular formula is C8H19N5O2S. The van der Waals surface area contributed by atoms with E-state index in [4.69, 9.17) is 5.84 Å². The topological polar surface area (TPSA) is 100 Å². The fourth-order valence-electron chi connectivity index (χ4n) is 1.00. The van der Waals surface area contributed by atoms with Crippen molar-refractivity contribution in [3.8, 4) is 0 Å². The van der Waals surface area contributed by atoms with Gasteiger partial charge in [-0.15, -0.1) is 0 Å². The SMILES string of the molecule is C/C=N\N(/C=N\N)CCS(=O)(=O)NC(C)C. The molecule has 0 bridgehead atoms. The molecule has 0 heterocycles. The Morgan fingerprint density at radius 3 is 2.56 bits per heavy atom. The zero-order valence-corrected chi connectivity index (χ0v) is 10.6. The Kier molecular flexibility index (Phi) is 6.66. The minimum Gasteiger partial charge on any atom is -0.322 e. The Labute approximate surface area is 96.4 Å². The van der Waals surface area contributed by atoms with Crippen molar-refractivity contribution in [2.45, 2.75) is 26.8 Å². The fraction of sp³-hybridized carbons (Fsp3) is 0.750. The first-order valence-electron chi connectivity index (χ1n) is 4.90. The predicted octanol–water partition coefficient (Wildman–Crippen LogP) is -0.476. The number of hydrogen-bond donors (Lipinski definition) is 2. The molecule has 0 atom stereocenters. The molecule has 0 aliphatic rings. The highest BCUT2D eigenvalue weighted by molar-refractivity contribution is 7.89. The third kappa shape index (κ3) is 7.18. The van der Waals surface area contributed by atoms with E-state index in [1.54, 1.807) is 20.8 Å². The number of sulfonamides is 1. The van der Waals surface area contributed by atoms with Crippen molar-refractivity contribution in [2.75, 3.05) is 12.3 Å². The molecule has 16 heavy (non-hydrogen) atoms. The van der Waals surface area contributed by atoms with E-state index in [0.29, 0.717) is 0 Å². The lowest BCUT2D eigenvalue weighted by Crippen LogP contribution is -2.36. The van der Waals surface area contributed by atoms with Crippen LogP contribution < -0.4 is 10.6 Å². The van der Waals surface area contributed by atoms with Crippen LogP contribution in [0.15, 0.2) is 10.2 Å². The smallest absolute Gasteiger partial charge is 0.213 e. The lowest BCUT2D eigenvalue weighted by atomic mass is 10.4. The lowest BCUT2D eigenvalue weighted by molar-refractivity contribution is 0.478. The molecule has 3 N–H and O–H groups in total. The van der Waals surface area contributed by atoms with Crippen LogP contribution in [-0.2, 0) is 10.0 Å². The van der Waals surface area contributed by atoms with E-state index in [1.807, 2.05) is 0 Å². The van der Waals surface area contributed by atoms with Gasteiger partial charge in [0.25, 0.3) is 0 Å². The van der Waals surface area contributed by atoms with E-state index in [1.165, 1.54) is 17.6 Å². The van der Waals surface area contributed by atoms with Crippen molar-refractivity contribution in [1.82, 2.24) is 9.73 Å². The Bertz CT molecular complexity index is 324. The molecule has 0 radical (unpaired) electrons. The average Bonchev–Trinajstić information content (AvgIpc) is 2.13. The van der Waals surface area contributed by atoms with E-state index < -0.39 is 10.0 Å². The Hall–Kier alpha value is -1.15. The summed E-state index contributed by atoms with van der Waals surface area (Å²) in [5.41, 5.74) is 0. The molecule has 0 amide bonds. The summed E-state index contributed by atoms with van der Waals surface area (Å²) in [7, 11) is -3.28. The molecule has 0 aromatic rings. The normalized spacial score (nSPS) is 13.0. The van der Waals surface area contributed by atoms with Crippen LogP contribution in [-0.4, -0.2) is 44.3 Å². The van der Waals surface area contributed by atoms with E-state index >= 15 is 0 Å². The second-order valence-corrected chi connectivity index (χ2v) is 5.27. The Morgan fingerprint density at radius 2 is 2.12 bits per heavy atom. The van der Waals surface area contributed by atoms with Gasteiger partial charge in [0.2, 0.25) is 10.0 Å². The van der Waals surface area contributed by atoms with Crippen LogP contribution in [0.1, 0.15) is 20.8 Å². The van der Waals surface area contributed by atoms with Crippen molar-refractivity contribution in [1.29, 1.82) is 0 Å². The fourth-order valence-corrected chi connectivity index (χ4v) is 2.27. The summed E-state index contributed by atoms with van der Waals surface area (Å²) in [5, 5.41) is 8.53. The monoisotopic (exact) mass is 249 g/mol. The highest BCUT2D eigenvalue weighted by Crippen LogP contribution is 1.92. The van der Waals surface area contributed by atoms with Gasteiger partial charge in [0.1, 0.15) is 6.34 Å². The first kappa shape index (κ1) is 14.8.